The smallest absolute Gasteiger partial charge is 0.334 e. The predicted molar refractivity (Wildman–Crippen MR) is 54.1 cm³/mol. The lowest BCUT2D eigenvalue weighted by atomic mass is 10.0. The summed E-state index contributed by atoms with van der Waals surface area (Å²) in [4.78, 5) is 21.6. The number of aliphatic hydroxyl groups excluding tert-OH is 1. The third-order valence-electron chi connectivity index (χ3n) is 2.05. The Labute approximate surface area is 88.5 Å². The molecule has 5 N–H and O–H groups in total. The van der Waals surface area contributed by atoms with Crippen molar-refractivity contribution in [2.24, 2.45) is 11.7 Å². The molecule has 2 atom stereocenters. The molecule has 0 aromatic rings. The van der Waals surface area contributed by atoms with Crippen LogP contribution in [0.4, 0.5) is 0 Å². The van der Waals surface area contributed by atoms with Crippen molar-refractivity contribution in [3.8, 4) is 0 Å². The molecule has 0 aliphatic heterocycles. The summed E-state index contributed by atoms with van der Waals surface area (Å²) in [5, 5.41) is 19.6. The highest BCUT2D eigenvalue weighted by molar-refractivity contribution is 5.80. The van der Waals surface area contributed by atoms with Crippen molar-refractivity contribution in [3.05, 3.63) is 0 Å². The molecule has 1 amide bonds. The lowest BCUT2D eigenvalue weighted by molar-refractivity contribution is -0.146. The summed E-state index contributed by atoms with van der Waals surface area (Å²) in [5.74, 6) is -1.97. The van der Waals surface area contributed by atoms with Gasteiger partial charge < -0.3 is 21.3 Å². The van der Waals surface area contributed by atoms with E-state index in [4.69, 9.17) is 15.9 Å². The number of nitrogens with one attached hydrogen (secondary N) is 1. The van der Waals surface area contributed by atoms with Crippen molar-refractivity contribution in [1.82, 2.24) is 5.32 Å². The van der Waals surface area contributed by atoms with Crippen LogP contribution in [0.25, 0.3) is 0 Å². The molecule has 0 heterocycles. The number of carboxylic acid groups (broad SMARTS) is 1. The Bertz CT molecular complexity index is 220. The molecule has 0 fully saturated rings. The van der Waals surface area contributed by atoms with E-state index in [1.54, 1.807) is 0 Å². The van der Waals surface area contributed by atoms with Gasteiger partial charge in [0, 0.05) is 6.54 Å². The summed E-state index contributed by atoms with van der Waals surface area (Å²) in [6, 6.07) is 0. The Morgan fingerprint density at radius 2 is 2.07 bits per heavy atom. The first kappa shape index (κ1) is 13.9. The van der Waals surface area contributed by atoms with Crippen molar-refractivity contribution in [3.63, 3.8) is 0 Å². The van der Waals surface area contributed by atoms with E-state index in [1.165, 1.54) is 0 Å². The fourth-order valence-electron chi connectivity index (χ4n) is 1.13. The standard InChI is InChI=1S/C9H18N2O4/c1-2-3-6(4-10)8(13)11-5-7(12)9(14)15/h6-7,12H,2-5,10H2,1H3,(H,11,13)(H,14,15)/t6?,7-/m0/s1. The van der Waals surface area contributed by atoms with Gasteiger partial charge in [0.15, 0.2) is 6.10 Å². The molecule has 0 rings (SSSR count). The average molecular weight is 218 g/mol. The lowest BCUT2D eigenvalue weighted by Crippen LogP contribution is -2.41. The molecular weight excluding hydrogens is 200 g/mol. The minimum Gasteiger partial charge on any atom is -0.479 e. The largest absolute Gasteiger partial charge is 0.479 e. The van der Waals surface area contributed by atoms with Crippen LogP contribution in [0, 0.1) is 5.92 Å². The minimum atomic E-state index is -1.56. The fraction of sp³-hybridized carbons (Fsp3) is 0.778. The van der Waals surface area contributed by atoms with Gasteiger partial charge in [-0.05, 0) is 6.42 Å². The number of hydrogen-bond acceptors (Lipinski definition) is 4. The molecule has 0 aromatic carbocycles. The second-order valence-electron chi connectivity index (χ2n) is 3.32. The summed E-state index contributed by atoms with van der Waals surface area (Å²) in [6.45, 7) is 1.87. The van der Waals surface area contributed by atoms with Crippen LogP contribution in [-0.4, -0.2) is 41.3 Å². The second kappa shape index (κ2) is 7.19. The van der Waals surface area contributed by atoms with Crippen molar-refractivity contribution in [2.45, 2.75) is 25.9 Å². The number of amides is 1. The molecule has 0 spiro atoms. The molecule has 0 aromatic heterocycles. The first-order chi connectivity index (χ1) is 7.02. The highest BCUT2D eigenvalue weighted by atomic mass is 16.4. The maximum absolute atomic E-state index is 11.4. The molecular formula is C9H18N2O4. The third-order valence-corrected chi connectivity index (χ3v) is 2.05. The van der Waals surface area contributed by atoms with Crippen LogP contribution >= 0.6 is 0 Å². The van der Waals surface area contributed by atoms with Crippen LogP contribution in [0.15, 0.2) is 0 Å². The van der Waals surface area contributed by atoms with Gasteiger partial charge in [0.2, 0.25) is 5.91 Å². The second-order valence-corrected chi connectivity index (χ2v) is 3.32. The molecule has 0 aliphatic rings. The van der Waals surface area contributed by atoms with Crippen molar-refractivity contribution < 1.29 is 19.8 Å². The monoisotopic (exact) mass is 218 g/mol. The van der Waals surface area contributed by atoms with E-state index in [2.05, 4.69) is 5.32 Å². The van der Waals surface area contributed by atoms with Gasteiger partial charge in [-0.15, -0.1) is 0 Å². The quantitative estimate of drug-likeness (QED) is 0.434. The zero-order chi connectivity index (χ0) is 11.8. The van der Waals surface area contributed by atoms with Gasteiger partial charge in [-0.1, -0.05) is 13.3 Å². The molecule has 88 valence electrons. The van der Waals surface area contributed by atoms with Crippen LogP contribution in [0.1, 0.15) is 19.8 Å². The number of rotatable bonds is 7. The highest BCUT2D eigenvalue weighted by Gasteiger charge is 2.18. The van der Waals surface area contributed by atoms with Crippen molar-refractivity contribution >= 4 is 11.9 Å². The van der Waals surface area contributed by atoms with Gasteiger partial charge >= 0.3 is 5.97 Å². The van der Waals surface area contributed by atoms with E-state index in [9.17, 15) is 9.59 Å². The van der Waals surface area contributed by atoms with Gasteiger partial charge in [-0.2, -0.15) is 0 Å². The van der Waals surface area contributed by atoms with Crippen LogP contribution < -0.4 is 11.1 Å². The van der Waals surface area contributed by atoms with Crippen LogP contribution in [0.2, 0.25) is 0 Å². The summed E-state index contributed by atoms with van der Waals surface area (Å²) in [7, 11) is 0. The molecule has 6 heteroatoms. The van der Waals surface area contributed by atoms with E-state index in [-0.39, 0.29) is 24.9 Å². The van der Waals surface area contributed by atoms with E-state index in [0.29, 0.717) is 6.42 Å². The summed E-state index contributed by atoms with van der Waals surface area (Å²) in [6.07, 6.45) is -0.0727. The molecule has 0 aliphatic carbocycles. The van der Waals surface area contributed by atoms with Gasteiger partial charge in [0.25, 0.3) is 0 Å². The first-order valence-electron chi connectivity index (χ1n) is 4.91. The minimum absolute atomic E-state index is 0.225. The zero-order valence-corrected chi connectivity index (χ0v) is 8.77. The van der Waals surface area contributed by atoms with Crippen LogP contribution in [-0.2, 0) is 9.59 Å². The Hall–Kier alpha value is -1.14. The highest BCUT2D eigenvalue weighted by Crippen LogP contribution is 2.03. The Kier molecular flexibility index (Phi) is 6.64. The number of aliphatic hydroxyl groups is 1. The zero-order valence-electron chi connectivity index (χ0n) is 8.77. The van der Waals surface area contributed by atoms with Gasteiger partial charge in [-0.3, -0.25) is 4.79 Å². The molecule has 0 saturated heterocycles. The Morgan fingerprint density at radius 3 is 2.47 bits per heavy atom. The number of carbonyl (C=O) groups is 2. The van der Waals surface area contributed by atoms with E-state index >= 15 is 0 Å². The summed E-state index contributed by atoms with van der Waals surface area (Å²) in [5.41, 5.74) is 5.39. The molecule has 15 heavy (non-hydrogen) atoms. The SMILES string of the molecule is CCCC(CN)C(=O)NC[C@H](O)C(=O)O. The summed E-state index contributed by atoms with van der Waals surface area (Å²) >= 11 is 0. The number of nitrogens with two attached hydrogens (primary N) is 1. The molecule has 1 unspecified atom stereocenters. The van der Waals surface area contributed by atoms with Crippen molar-refractivity contribution in [1.29, 1.82) is 0 Å². The van der Waals surface area contributed by atoms with Gasteiger partial charge in [0.05, 0.1) is 12.5 Å². The molecule has 0 bridgehead atoms. The van der Waals surface area contributed by atoms with E-state index in [0.717, 1.165) is 6.42 Å². The van der Waals surface area contributed by atoms with E-state index < -0.39 is 12.1 Å². The topological polar surface area (TPSA) is 113 Å². The van der Waals surface area contributed by atoms with E-state index in [1.807, 2.05) is 6.92 Å². The van der Waals surface area contributed by atoms with Crippen LogP contribution in [0.3, 0.4) is 0 Å². The van der Waals surface area contributed by atoms with Crippen LogP contribution in [0.5, 0.6) is 0 Å². The normalized spacial score (nSPS) is 14.3. The first-order valence-corrected chi connectivity index (χ1v) is 4.91. The number of aliphatic carboxylic acids is 1. The average Bonchev–Trinajstić information content (AvgIpc) is 2.21. The summed E-state index contributed by atoms with van der Waals surface area (Å²) < 4.78 is 0. The molecule has 0 radical (unpaired) electrons. The molecule has 6 nitrogen and oxygen atoms in total. The number of carbonyl (C=O) groups excluding carboxylic acids is 1. The fourth-order valence-corrected chi connectivity index (χ4v) is 1.13. The maximum Gasteiger partial charge on any atom is 0.334 e. The van der Waals surface area contributed by atoms with Gasteiger partial charge in [-0.25, -0.2) is 4.79 Å². The Morgan fingerprint density at radius 1 is 1.47 bits per heavy atom. The molecule has 0 saturated carbocycles. The van der Waals surface area contributed by atoms with Crippen molar-refractivity contribution in [2.75, 3.05) is 13.1 Å². The maximum atomic E-state index is 11.4. The predicted octanol–water partition coefficient (Wildman–Crippen LogP) is -1.08. The van der Waals surface area contributed by atoms with Gasteiger partial charge in [0.1, 0.15) is 0 Å². The third kappa shape index (κ3) is 5.34. The number of hydrogen-bond donors (Lipinski definition) is 4. The number of carboxylic acids is 1. The Balaban J connectivity index is 3.95. The lowest BCUT2D eigenvalue weighted by Gasteiger charge is -2.14.